The lowest BCUT2D eigenvalue weighted by Crippen LogP contribution is -2.08. The fraction of sp³-hybridized carbons (Fsp3) is 0.600. The molecular formula is C10H12N2O. The molecule has 1 N–H and O–H groups in total. The molecule has 2 atom stereocenters. The Kier molecular flexibility index (Phi) is 1.37. The number of oxime groups is 1. The lowest BCUT2D eigenvalue weighted by Gasteiger charge is -2.09. The molecule has 0 aromatic carbocycles. The molecule has 0 saturated heterocycles. The van der Waals surface area contributed by atoms with Crippen molar-refractivity contribution >= 4 is 5.71 Å². The summed E-state index contributed by atoms with van der Waals surface area (Å²) in [7, 11) is 0. The molecule has 1 fully saturated rings. The van der Waals surface area contributed by atoms with Crippen molar-refractivity contribution in [1.29, 1.82) is 5.26 Å². The van der Waals surface area contributed by atoms with Gasteiger partial charge in [-0.2, -0.15) is 5.26 Å². The molecule has 2 rings (SSSR count). The first-order chi connectivity index (χ1) is 6.05. The van der Waals surface area contributed by atoms with Gasteiger partial charge in [-0.3, -0.25) is 0 Å². The molecule has 0 aliphatic heterocycles. The van der Waals surface area contributed by atoms with Crippen molar-refractivity contribution in [2.45, 2.75) is 20.8 Å². The average Bonchev–Trinajstić information content (AvgIpc) is 2.52. The van der Waals surface area contributed by atoms with Crippen LogP contribution in [0.25, 0.3) is 0 Å². The van der Waals surface area contributed by atoms with Crippen molar-refractivity contribution < 1.29 is 5.21 Å². The normalized spacial score (nSPS) is 37.5. The van der Waals surface area contributed by atoms with Gasteiger partial charge in [-0.1, -0.05) is 19.0 Å². The molecule has 0 aromatic rings. The van der Waals surface area contributed by atoms with Crippen LogP contribution in [0, 0.1) is 28.6 Å². The van der Waals surface area contributed by atoms with Gasteiger partial charge in [-0.15, -0.1) is 0 Å². The van der Waals surface area contributed by atoms with E-state index in [2.05, 4.69) is 25.1 Å². The van der Waals surface area contributed by atoms with Crippen molar-refractivity contribution in [3.63, 3.8) is 0 Å². The zero-order valence-corrected chi connectivity index (χ0v) is 8.00. The van der Waals surface area contributed by atoms with Gasteiger partial charge in [-0.25, -0.2) is 0 Å². The second kappa shape index (κ2) is 2.14. The summed E-state index contributed by atoms with van der Waals surface area (Å²) >= 11 is 0. The lowest BCUT2D eigenvalue weighted by atomic mass is 9.95. The van der Waals surface area contributed by atoms with E-state index in [1.807, 2.05) is 6.92 Å². The van der Waals surface area contributed by atoms with Crippen molar-refractivity contribution in [2.75, 3.05) is 0 Å². The summed E-state index contributed by atoms with van der Waals surface area (Å²) in [6.45, 7) is 6.07. The molecule has 3 nitrogen and oxygen atoms in total. The topological polar surface area (TPSA) is 56.4 Å². The van der Waals surface area contributed by atoms with Crippen LogP contribution < -0.4 is 0 Å². The van der Waals surface area contributed by atoms with Gasteiger partial charge in [0.05, 0.1) is 11.8 Å². The molecule has 0 radical (unpaired) electrons. The van der Waals surface area contributed by atoms with Crippen molar-refractivity contribution in [3.8, 4) is 6.07 Å². The fourth-order valence-corrected chi connectivity index (χ4v) is 2.58. The zero-order valence-electron chi connectivity index (χ0n) is 8.00. The highest BCUT2D eigenvalue weighted by Crippen LogP contribution is 2.67. The SMILES string of the molecule is CC1=C(C#N)[C@H]2[C@@H](/C1=N\O)C2(C)C. The van der Waals surface area contributed by atoms with Crippen LogP contribution in [0.5, 0.6) is 0 Å². The molecule has 3 heteroatoms. The van der Waals surface area contributed by atoms with E-state index in [1.165, 1.54) is 0 Å². The van der Waals surface area contributed by atoms with Gasteiger partial charge in [0.25, 0.3) is 0 Å². The van der Waals surface area contributed by atoms with E-state index in [0.29, 0.717) is 11.6 Å². The number of fused-ring (bicyclic) bond motifs is 1. The second-order valence-corrected chi connectivity index (χ2v) is 4.41. The van der Waals surface area contributed by atoms with Gasteiger partial charge in [0, 0.05) is 17.4 Å². The highest BCUT2D eigenvalue weighted by atomic mass is 16.4. The van der Waals surface area contributed by atoms with Crippen molar-refractivity contribution in [2.24, 2.45) is 22.4 Å². The lowest BCUT2D eigenvalue weighted by molar-refractivity contribution is 0.316. The Labute approximate surface area is 77.4 Å². The third-order valence-electron chi connectivity index (χ3n) is 3.45. The predicted molar refractivity (Wildman–Crippen MR) is 48.3 cm³/mol. The maximum atomic E-state index is 8.93. The molecule has 1 saturated carbocycles. The first-order valence-corrected chi connectivity index (χ1v) is 4.39. The minimum atomic E-state index is 0.117. The molecule has 2 aliphatic carbocycles. The van der Waals surface area contributed by atoms with E-state index < -0.39 is 0 Å². The molecular weight excluding hydrogens is 164 g/mol. The Morgan fingerprint density at radius 1 is 1.46 bits per heavy atom. The minimum absolute atomic E-state index is 0.117. The summed E-state index contributed by atoms with van der Waals surface area (Å²) in [5, 5.41) is 21.1. The summed E-state index contributed by atoms with van der Waals surface area (Å²) in [4.78, 5) is 0. The Morgan fingerprint density at radius 2 is 2.08 bits per heavy atom. The van der Waals surface area contributed by atoms with E-state index >= 15 is 0 Å². The number of nitrogens with zero attached hydrogens (tertiary/aromatic N) is 2. The summed E-state index contributed by atoms with van der Waals surface area (Å²) in [6.07, 6.45) is 0. The zero-order chi connectivity index (χ0) is 9.80. The smallest absolute Gasteiger partial charge is 0.0954 e. The molecule has 2 aliphatic rings. The maximum Gasteiger partial charge on any atom is 0.0954 e. The summed E-state index contributed by atoms with van der Waals surface area (Å²) in [6, 6.07) is 2.21. The molecule has 0 heterocycles. The van der Waals surface area contributed by atoms with E-state index in [-0.39, 0.29) is 11.3 Å². The van der Waals surface area contributed by atoms with Gasteiger partial charge in [0.2, 0.25) is 0 Å². The second-order valence-electron chi connectivity index (χ2n) is 4.41. The molecule has 0 aromatic heterocycles. The van der Waals surface area contributed by atoms with Gasteiger partial charge < -0.3 is 5.21 Å². The van der Waals surface area contributed by atoms with Crippen LogP contribution in [0.4, 0.5) is 0 Å². The van der Waals surface area contributed by atoms with Crippen LogP contribution in [0.2, 0.25) is 0 Å². The van der Waals surface area contributed by atoms with E-state index in [0.717, 1.165) is 11.1 Å². The maximum absolute atomic E-state index is 8.93. The Morgan fingerprint density at radius 3 is 2.38 bits per heavy atom. The van der Waals surface area contributed by atoms with Crippen LogP contribution in [0.3, 0.4) is 0 Å². The van der Waals surface area contributed by atoms with Gasteiger partial charge in [0.15, 0.2) is 0 Å². The molecule has 0 unspecified atom stereocenters. The van der Waals surface area contributed by atoms with E-state index in [9.17, 15) is 0 Å². The summed E-state index contributed by atoms with van der Waals surface area (Å²) in [5.74, 6) is 0.565. The highest BCUT2D eigenvalue weighted by molar-refractivity contribution is 6.08. The third kappa shape index (κ3) is 0.757. The van der Waals surface area contributed by atoms with Gasteiger partial charge in [-0.05, 0) is 17.9 Å². The molecule has 0 spiro atoms. The predicted octanol–water partition coefficient (Wildman–Crippen LogP) is 1.94. The Balaban J connectivity index is 2.51. The van der Waals surface area contributed by atoms with Crippen LogP contribution in [-0.4, -0.2) is 10.9 Å². The Bertz CT molecular complexity index is 371. The van der Waals surface area contributed by atoms with Crippen LogP contribution in [0.15, 0.2) is 16.3 Å². The standard InChI is InChI=1S/C10H12N2O/c1-5-6(4-11)7-8(9(5)12-13)10(7,2)3/h7-8,13H,1-3H3/b12-9-/t7-,8-/m0/s1. The first kappa shape index (κ1) is 8.31. The highest BCUT2D eigenvalue weighted by Gasteiger charge is 2.66. The number of allylic oxidation sites excluding steroid dienone is 2. The van der Waals surface area contributed by atoms with Crippen molar-refractivity contribution in [3.05, 3.63) is 11.1 Å². The van der Waals surface area contributed by atoms with Crippen LogP contribution in [0.1, 0.15) is 20.8 Å². The molecule has 68 valence electrons. The quantitative estimate of drug-likeness (QED) is 0.453. The Hall–Kier alpha value is -1.30. The monoisotopic (exact) mass is 176 g/mol. The van der Waals surface area contributed by atoms with Crippen LogP contribution in [-0.2, 0) is 0 Å². The van der Waals surface area contributed by atoms with Gasteiger partial charge >= 0.3 is 0 Å². The molecule has 13 heavy (non-hydrogen) atoms. The molecule has 0 bridgehead atoms. The number of hydrogen-bond acceptors (Lipinski definition) is 3. The van der Waals surface area contributed by atoms with Crippen molar-refractivity contribution in [1.82, 2.24) is 0 Å². The number of nitriles is 1. The summed E-state index contributed by atoms with van der Waals surface area (Å²) in [5.41, 5.74) is 2.51. The third-order valence-corrected chi connectivity index (χ3v) is 3.45. The van der Waals surface area contributed by atoms with E-state index in [1.54, 1.807) is 0 Å². The minimum Gasteiger partial charge on any atom is -0.411 e. The van der Waals surface area contributed by atoms with Gasteiger partial charge in [0.1, 0.15) is 0 Å². The number of hydrogen-bond donors (Lipinski definition) is 1. The largest absolute Gasteiger partial charge is 0.411 e. The van der Waals surface area contributed by atoms with E-state index in [4.69, 9.17) is 10.5 Å². The fourth-order valence-electron chi connectivity index (χ4n) is 2.58. The number of rotatable bonds is 0. The average molecular weight is 176 g/mol. The first-order valence-electron chi connectivity index (χ1n) is 4.39. The summed E-state index contributed by atoms with van der Waals surface area (Å²) < 4.78 is 0. The van der Waals surface area contributed by atoms with Crippen LogP contribution >= 0.6 is 0 Å². The molecule has 0 amide bonds.